The first kappa shape index (κ1) is 23.6. The van der Waals surface area contributed by atoms with E-state index in [-0.39, 0.29) is 24.3 Å². The third-order valence-electron chi connectivity index (χ3n) is 5.72. The van der Waals surface area contributed by atoms with E-state index in [1.807, 2.05) is 36.4 Å². The van der Waals surface area contributed by atoms with Gasteiger partial charge in [0.25, 0.3) is 5.91 Å². The summed E-state index contributed by atoms with van der Waals surface area (Å²) in [5.74, 6) is -0.520. The van der Waals surface area contributed by atoms with Crippen molar-refractivity contribution in [2.45, 2.75) is 12.8 Å². The van der Waals surface area contributed by atoms with Crippen molar-refractivity contribution in [2.24, 2.45) is 0 Å². The summed E-state index contributed by atoms with van der Waals surface area (Å²) in [6.45, 7) is 3.04. The van der Waals surface area contributed by atoms with Crippen LogP contribution in [-0.2, 0) is 14.3 Å². The fourth-order valence-electron chi connectivity index (χ4n) is 3.51. The van der Waals surface area contributed by atoms with Crippen molar-refractivity contribution in [3.8, 4) is 0 Å². The SMILES string of the molecule is O=C(CCl)N1CCC1.O=C(OCC(=O)N1CCC1)c1[nH]c2ccccc2c1Nc1ccncc1. The molecule has 2 aliphatic heterocycles. The Morgan fingerprint density at radius 2 is 1.62 bits per heavy atom. The Kier molecular flexibility index (Phi) is 7.64. The molecule has 0 aliphatic carbocycles. The number of nitrogens with zero attached hydrogens (tertiary/aromatic N) is 3. The molecule has 2 aromatic heterocycles. The molecule has 0 spiro atoms. The highest BCUT2D eigenvalue weighted by molar-refractivity contribution is 6.27. The van der Waals surface area contributed by atoms with E-state index >= 15 is 0 Å². The Bertz CT molecular complexity index is 1160. The number of fused-ring (bicyclic) bond motifs is 1. The molecular weight excluding hydrogens is 458 g/mol. The second-order valence-corrected chi connectivity index (χ2v) is 8.23. The van der Waals surface area contributed by atoms with Crippen LogP contribution in [0.4, 0.5) is 11.4 Å². The second-order valence-electron chi connectivity index (χ2n) is 7.96. The van der Waals surface area contributed by atoms with Crippen LogP contribution in [0.25, 0.3) is 10.9 Å². The molecule has 34 heavy (non-hydrogen) atoms. The molecule has 2 fully saturated rings. The number of aromatic amines is 1. The number of likely N-dealkylation sites (tertiary alicyclic amines) is 2. The zero-order valence-electron chi connectivity index (χ0n) is 18.6. The lowest BCUT2D eigenvalue weighted by atomic mass is 10.2. The lowest BCUT2D eigenvalue weighted by Gasteiger charge is -2.30. The molecule has 178 valence electrons. The number of aromatic nitrogens is 2. The number of halogens is 1. The molecule has 0 atom stereocenters. The molecule has 0 bridgehead atoms. The molecule has 0 saturated carbocycles. The lowest BCUT2D eigenvalue weighted by Crippen LogP contribution is -2.44. The van der Waals surface area contributed by atoms with Gasteiger partial charge in [-0.2, -0.15) is 0 Å². The van der Waals surface area contributed by atoms with E-state index in [4.69, 9.17) is 16.3 Å². The number of carbonyl (C=O) groups excluding carboxylic acids is 3. The quantitative estimate of drug-likeness (QED) is 0.412. The normalized spacial score (nSPS) is 14.4. The predicted molar refractivity (Wildman–Crippen MR) is 129 cm³/mol. The molecule has 2 amide bonds. The molecule has 2 aliphatic rings. The fourth-order valence-corrected chi connectivity index (χ4v) is 3.68. The van der Waals surface area contributed by atoms with Gasteiger partial charge in [-0.3, -0.25) is 14.6 Å². The molecule has 1 aromatic carbocycles. The van der Waals surface area contributed by atoms with Crippen LogP contribution in [0, 0.1) is 0 Å². The maximum atomic E-state index is 12.6. The molecule has 2 N–H and O–H groups in total. The van der Waals surface area contributed by atoms with E-state index in [0.717, 1.165) is 55.6 Å². The molecule has 2 saturated heterocycles. The maximum absolute atomic E-state index is 12.6. The van der Waals surface area contributed by atoms with Crippen LogP contribution in [0.3, 0.4) is 0 Å². The molecular formula is C24H26ClN5O4. The van der Waals surface area contributed by atoms with Gasteiger partial charge in [-0.25, -0.2) is 4.79 Å². The summed E-state index contributed by atoms with van der Waals surface area (Å²) < 4.78 is 5.24. The number of alkyl halides is 1. The number of amides is 2. The van der Waals surface area contributed by atoms with Crippen molar-refractivity contribution in [1.82, 2.24) is 19.8 Å². The van der Waals surface area contributed by atoms with Gasteiger partial charge < -0.3 is 24.8 Å². The van der Waals surface area contributed by atoms with Crippen molar-refractivity contribution >= 4 is 51.7 Å². The highest BCUT2D eigenvalue weighted by atomic mass is 35.5. The Morgan fingerprint density at radius 1 is 0.971 bits per heavy atom. The summed E-state index contributed by atoms with van der Waals surface area (Å²) in [5, 5.41) is 4.11. The van der Waals surface area contributed by atoms with Gasteiger partial charge in [0.1, 0.15) is 11.6 Å². The minimum atomic E-state index is -0.563. The topological polar surface area (TPSA) is 108 Å². The fraction of sp³-hybridized carbons (Fsp3) is 0.333. The average Bonchev–Trinajstić information content (AvgIpc) is 3.15. The highest BCUT2D eigenvalue weighted by Gasteiger charge is 2.24. The van der Waals surface area contributed by atoms with Crippen LogP contribution < -0.4 is 5.32 Å². The summed E-state index contributed by atoms with van der Waals surface area (Å²) >= 11 is 5.27. The number of hydrogen-bond acceptors (Lipinski definition) is 6. The first-order valence-corrected chi connectivity index (χ1v) is 11.7. The number of rotatable bonds is 6. The van der Waals surface area contributed by atoms with E-state index in [0.29, 0.717) is 11.4 Å². The summed E-state index contributed by atoms with van der Waals surface area (Å²) in [7, 11) is 0. The number of carbonyl (C=O) groups is 3. The van der Waals surface area contributed by atoms with Gasteiger partial charge in [0.15, 0.2) is 6.61 Å². The third-order valence-corrected chi connectivity index (χ3v) is 5.95. The van der Waals surface area contributed by atoms with Crippen molar-refractivity contribution in [3.63, 3.8) is 0 Å². The first-order chi connectivity index (χ1) is 16.6. The van der Waals surface area contributed by atoms with Gasteiger partial charge in [0, 0.05) is 55.2 Å². The maximum Gasteiger partial charge on any atom is 0.357 e. The van der Waals surface area contributed by atoms with Crippen molar-refractivity contribution in [2.75, 3.05) is 44.0 Å². The van der Waals surface area contributed by atoms with Crippen LogP contribution in [-0.4, -0.2) is 76.2 Å². The van der Waals surface area contributed by atoms with Crippen LogP contribution >= 0.6 is 11.6 Å². The molecule has 0 radical (unpaired) electrons. The highest BCUT2D eigenvalue weighted by Crippen LogP contribution is 2.31. The zero-order valence-corrected chi connectivity index (χ0v) is 19.4. The van der Waals surface area contributed by atoms with Crippen molar-refractivity contribution < 1.29 is 19.1 Å². The number of nitrogens with one attached hydrogen (secondary N) is 2. The Morgan fingerprint density at radius 3 is 2.21 bits per heavy atom. The number of anilines is 2. The minimum absolute atomic E-state index is 0.0675. The molecule has 9 nitrogen and oxygen atoms in total. The summed E-state index contributed by atoms with van der Waals surface area (Å²) in [6, 6.07) is 11.2. The standard InChI is InChI=1S/C19H18N4O3.C5H8ClNO/c24-16(23-10-3-11-23)12-26-19(25)18-17(21-13-6-8-20-9-7-13)14-4-1-2-5-15(14)22-18;6-4-5(8)7-2-1-3-7/h1-2,4-9,22H,3,10-12H2,(H,20,21);1-4H2. The van der Waals surface area contributed by atoms with Gasteiger partial charge in [-0.15, -0.1) is 11.6 Å². The average molecular weight is 484 g/mol. The van der Waals surface area contributed by atoms with Crippen LogP contribution in [0.5, 0.6) is 0 Å². The molecule has 5 rings (SSSR count). The Labute approximate surface area is 202 Å². The van der Waals surface area contributed by atoms with Gasteiger partial charge in [-0.05, 0) is 31.0 Å². The number of H-pyrrole nitrogens is 1. The van der Waals surface area contributed by atoms with Gasteiger partial charge in [0.05, 0.1) is 5.69 Å². The second kappa shape index (κ2) is 11.0. The van der Waals surface area contributed by atoms with E-state index < -0.39 is 5.97 Å². The zero-order chi connectivity index (χ0) is 23.9. The summed E-state index contributed by atoms with van der Waals surface area (Å²) in [6.07, 6.45) is 5.48. The van der Waals surface area contributed by atoms with E-state index in [1.54, 1.807) is 22.2 Å². The van der Waals surface area contributed by atoms with Gasteiger partial charge in [-0.1, -0.05) is 18.2 Å². The molecule has 10 heteroatoms. The number of benzene rings is 1. The predicted octanol–water partition coefficient (Wildman–Crippen LogP) is 3.15. The number of ether oxygens (including phenoxy) is 1. The monoisotopic (exact) mass is 483 g/mol. The Hall–Kier alpha value is -3.59. The largest absolute Gasteiger partial charge is 0.451 e. The van der Waals surface area contributed by atoms with Crippen LogP contribution in [0.1, 0.15) is 23.3 Å². The lowest BCUT2D eigenvalue weighted by molar-refractivity contribution is -0.138. The third kappa shape index (κ3) is 5.48. The van der Waals surface area contributed by atoms with Crippen LogP contribution in [0.2, 0.25) is 0 Å². The van der Waals surface area contributed by atoms with Crippen LogP contribution in [0.15, 0.2) is 48.8 Å². The number of esters is 1. The Balaban J connectivity index is 0.000000291. The van der Waals surface area contributed by atoms with Crippen molar-refractivity contribution in [1.29, 1.82) is 0 Å². The summed E-state index contributed by atoms with van der Waals surface area (Å²) in [5.41, 5.74) is 2.52. The first-order valence-electron chi connectivity index (χ1n) is 11.1. The number of hydrogen-bond donors (Lipinski definition) is 2. The van der Waals surface area contributed by atoms with E-state index in [9.17, 15) is 14.4 Å². The molecule has 0 unspecified atom stereocenters. The summed E-state index contributed by atoms with van der Waals surface area (Å²) in [4.78, 5) is 45.6. The van der Waals surface area contributed by atoms with Crippen molar-refractivity contribution in [3.05, 3.63) is 54.5 Å². The van der Waals surface area contributed by atoms with E-state index in [2.05, 4.69) is 15.3 Å². The smallest absolute Gasteiger partial charge is 0.357 e. The van der Waals surface area contributed by atoms with E-state index in [1.165, 1.54) is 0 Å². The van der Waals surface area contributed by atoms with Gasteiger partial charge >= 0.3 is 5.97 Å². The number of pyridine rings is 1. The molecule has 4 heterocycles. The number of para-hydroxylation sites is 1. The minimum Gasteiger partial charge on any atom is -0.451 e. The van der Waals surface area contributed by atoms with Gasteiger partial charge in [0.2, 0.25) is 5.91 Å². The molecule has 3 aromatic rings.